The maximum Gasteiger partial charge on any atom is 0.262 e. The molecular formula is C19H20ClNO3. The van der Waals surface area contributed by atoms with E-state index in [4.69, 9.17) is 16.3 Å². The Hall–Kier alpha value is -2.33. The number of ketones is 1. The van der Waals surface area contributed by atoms with Gasteiger partial charge in [0.2, 0.25) is 0 Å². The van der Waals surface area contributed by atoms with Crippen molar-refractivity contribution >= 4 is 29.0 Å². The van der Waals surface area contributed by atoms with E-state index >= 15 is 0 Å². The average molecular weight is 346 g/mol. The Labute approximate surface area is 146 Å². The number of nitrogens with one attached hydrogen (secondary N) is 1. The van der Waals surface area contributed by atoms with Crippen molar-refractivity contribution in [1.82, 2.24) is 0 Å². The molecule has 0 heterocycles. The van der Waals surface area contributed by atoms with Gasteiger partial charge in [-0.3, -0.25) is 9.59 Å². The van der Waals surface area contributed by atoms with Gasteiger partial charge in [0.05, 0.1) is 5.56 Å². The minimum atomic E-state index is -0.284. The van der Waals surface area contributed by atoms with E-state index in [2.05, 4.69) is 5.32 Å². The van der Waals surface area contributed by atoms with Crippen LogP contribution >= 0.6 is 11.6 Å². The second kappa shape index (κ2) is 7.97. The molecule has 5 heteroatoms. The molecule has 0 unspecified atom stereocenters. The first kappa shape index (κ1) is 18.0. The van der Waals surface area contributed by atoms with Gasteiger partial charge in [0.25, 0.3) is 5.91 Å². The van der Waals surface area contributed by atoms with Crippen molar-refractivity contribution in [2.24, 2.45) is 0 Å². The zero-order chi connectivity index (χ0) is 17.7. The van der Waals surface area contributed by atoms with Crippen molar-refractivity contribution in [2.45, 2.75) is 27.2 Å². The molecule has 1 amide bonds. The van der Waals surface area contributed by atoms with Crippen molar-refractivity contribution < 1.29 is 14.3 Å². The molecule has 0 aromatic heterocycles. The Morgan fingerprint density at radius 1 is 1.17 bits per heavy atom. The molecule has 0 spiro atoms. The highest BCUT2D eigenvalue weighted by Gasteiger charge is 2.13. The van der Waals surface area contributed by atoms with E-state index in [1.807, 2.05) is 32.0 Å². The molecule has 24 heavy (non-hydrogen) atoms. The molecule has 0 atom stereocenters. The van der Waals surface area contributed by atoms with Gasteiger partial charge in [-0.2, -0.15) is 0 Å². The number of halogens is 1. The lowest BCUT2D eigenvalue weighted by Crippen LogP contribution is -2.21. The standard InChI is InChI=1S/C19H20ClNO3/c1-4-17(22)15-10-14(20)8-9-18(15)24-11-19(23)21-16-7-5-6-12(2)13(16)3/h5-10H,4,11H2,1-3H3,(H,21,23). The van der Waals surface area contributed by atoms with Gasteiger partial charge in [0.15, 0.2) is 12.4 Å². The lowest BCUT2D eigenvalue weighted by molar-refractivity contribution is -0.118. The van der Waals surface area contributed by atoms with Gasteiger partial charge in [0.1, 0.15) is 5.75 Å². The van der Waals surface area contributed by atoms with Crippen molar-refractivity contribution in [2.75, 3.05) is 11.9 Å². The summed E-state index contributed by atoms with van der Waals surface area (Å²) in [5.74, 6) is -0.00153. The molecule has 0 bridgehead atoms. The molecule has 2 rings (SSSR count). The van der Waals surface area contributed by atoms with Gasteiger partial charge < -0.3 is 10.1 Å². The maximum atomic E-state index is 12.1. The second-order valence-corrected chi connectivity index (χ2v) is 5.94. The number of carbonyl (C=O) groups excluding carboxylic acids is 2. The first-order chi connectivity index (χ1) is 11.4. The smallest absolute Gasteiger partial charge is 0.262 e. The summed E-state index contributed by atoms with van der Waals surface area (Å²) in [6.07, 6.45) is 0.339. The minimum absolute atomic E-state index is 0.0811. The van der Waals surface area contributed by atoms with Crippen LogP contribution in [-0.2, 0) is 4.79 Å². The largest absolute Gasteiger partial charge is 0.483 e. The predicted molar refractivity (Wildman–Crippen MR) is 96.1 cm³/mol. The number of hydrogen-bond acceptors (Lipinski definition) is 3. The third-order valence-electron chi connectivity index (χ3n) is 3.80. The topological polar surface area (TPSA) is 55.4 Å². The molecule has 2 aromatic carbocycles. The summed E-state index contributed by atoms with van der Waals surface area (Å²) >= 11 is 5.93. The highest BCUT2D eigenvalue weighted by Crippen LogP contribution is 2.24. The van der Waals surface area contributed by atoms with E-state index in [0.29, 0.717) is 22.8 Å². The van der Waals surface area contributed by atoms with Crippen molar-refractivity contribution in [1.29, 1.82) is 0 Å². The van der Waals surface area contributed by atoms with Crippen LogP contribution in [0.15, 0.2) is 36.4 Å². The van der Waals surface area contributed by atoms with Crippen LogP contribution in [0.1, 0.15) is 34.8 Å². The molecule has 0 saturated carbocycles. The number of anilines is 1. The number of aryl methyl sites for hydroxylation is 1. The quantitative estimate of drug-likeness (QED) is 0.780. The fourth-order valence-corrected chi connectivity index (χ4v) is 2.42. The first-order valence-electron chi connectivity index (χ1n) is 7.74. The predicted octanol–water partition coefficient (Wildman–Crippen LogP) is 4.57. The number of carbonyl (C=O) groups is 2. The van der Waals surface area contributed by atoms with E-state index in [0.717, 1.165) is 16.8 Å². The highest BCUT2D eigenvalue weighted by atomic mass is 35.5. The molecular weight excluding hydrogens is 326 g/mol. The molecule has 0 fully saturated rings. The third kappa shape index (κ3) is 4.36. The number of Topliss-reactive ketones (excluding diaryl/α,β-unsaturated/α-hetero) is 1. The molecule has 0 aliphatic rings. The summed E-state index contributed by atoms with van der Waals surface area (Å²) in [7, 11) is 0. The summed E-state index contributed by atoms with van der Waals surface area (Å²) in [5, 5.41) is 3.28. The van der Waals surface area contributed by atoms with Crippen LogP contribution in [0.3, 0.4) is 0 Å². The van der Waals surface area contributed by atoms with Crippen LogP contribution in [0.5, 0.6) is 5.75 Å². The van der Waals surface area contributed by atoms with E-state index in [9.17, 15) is 9.59 Å². The number of amides is 1. The van der Waals surface area contributed by atoms with E-state index in [1.165, 1.54) is 0 Å². The third-order valence-corrected chi connectivity index (χ3v) is 4.04. The van der Waals surface area contributed by atoms with Crippen LogP contribution in [0, 0.1) is 13.8 Å². The minimum Gasteiger partial charge on any atom is -0.483 e. The van der Waals surface area contributed by atoms with Gasteiger partial charge in [0, 0.05) is 17.1 Å². The Kier molecular flexibility index (Phi) is 5.99. The summed E-state index contributed by atoms with van der Waals surface area (Å²) in [6, 6.07) is 10.5. The Morgan fingerprint density at radius 2 is 1.92 bits per heavy atom. The maximum absolute atomic E-state index is 12.1. The van der Waals surface area contributed by atoms with Gasteiger partial charge in [-0.1, -0.05) is 30.7 Å². The lowest BCUT2D eigenvalue weighted by atomic mass is 10.1. The molecule has 0 saturated heterocycles. The highest BCUT2D eigenvalue weighted by molar-refractivity contribution is 6.31. The van der Waals surface area contributed by atoms with Crippen LogP contribution in [0.25, 0.3) is 0 Å². The van der Waals surface area contributed by atoms with Crippen LogP contribution in [0.2, 0.25) is 5.02 Å². The number of rotatable bonds is 6. The molecule has 0 radical (unpaired) electrons. The summed E-state index contributed by atoms with van der Waals surface area (Å²) in [4.78, 5) is 24.1. The SMILES string of the molecule is CCC(=O)c1cc(Cl)ccc1OCC(=O)Nc1cccc(C)c1C. The monoisotopic (exact) mass is 345 g/mol. The van der Waals surface area contributed by atoms with Crippen molar-refractivity contribution in [3.8, 4) is 5.75 Å². The van der Waals surface area contributed by atoms with Crippen molar-refractivity contribution in [3.05, 3.63) is 58.1 Å². The summed E-state index contributed by atoms with van der Waals surface area (Å²) in [6.45, 7) is 5.51. The van der Waals surface area contributed by atoms with Gasteiger partial charge in [-0.05, 0) is 49.2 Å². The molecule has 0 aliphatic heterocycles. The molecule has 126 valence electrons. The number of benzene rings is 2. The first-order valence-corrected chi connectivity index (χ1v) is 8.11. The van der Waals surface area contributed by atoms with E-state index in [-0.39, 0.29) is 18.3 Å². The van der Waals surface area contributed by atoms with E-state index in [1.54, 1.807) is 25.1 Å². The zero-order valence-electron chi connectivity index (χ0n) is 14.0. The Morgan fingerprint density at radius 3 is 2.62 bits per heavy atom. The average Bonchev–Trinajstić information content (AvgIpc) is 2.57. The van der Waals surface area contributed by atoms with E-state index < -0.39 is 0 Å². The van der Waals surface area contributed by atoms with Crippen molar-refractivity contribution in [3.63, 3.8) is 0 Å². The molecule has 0 aliphatic carbocycles. The fraction of sp³-hybridized carbons (Fsp3) is 0.263. The Balaban J connectivity index is 2.07. The lowest BCUT2D eigenvalue weighted by Gasteiger charge is -2.13. The van der Waals surface area contributed by atoms with Gasteiger partial charge in [-0.25, -0.2) is 0 Å². The molecule has 1 N–H and O–H groups in total. The Bertz CT molecular complexity index is 771. The summed E-state index contributed by atoms with van der Waals surface area (Å²) < 4.78 is 5.53. The number of ether oxygens (including phenoxy) is 1. The van der Waals surface area contributed by atoms with Crippen LogP contribution in [0.4, 0.5) is 5.69 Å². The fourth-order valence-electron chi connectivity index (χ4n) is 2.25. The zero-order valence-corrected chi connectivity index (χ0v) is 14.7. The second-order valence-electron chi connectivity index (χ2n) is 5.50. The molecule has 4 nitrogen and oxygen atoms in total. The normalized spacial score (nSPS) is 10.3. The van der Waals surface area contributed by atoms with Crippen LogP contribution in [-0.4, -0.2) is 18.3 Å². The summed E-state index contributed by atoms with van der Waals surface area (Å²) in [5.41, 5.74) is 3.26. The molecule has 2 aromatic rings. The van der Waals surface area contributed by atoms with Gasteiger partial charge in [-0.15, -0.1) is 0 Å². The number of hydrogen-bond donors (Lipinski definition) is 1. The van der Waals surface area contributed by atoms with Gasteiger partial charge >= 0.3 is 0 Å². The van der Waals surface area contributed by atoms with Crippen LogP contribution < -0.4 is 10.1 Å².